The summed E-state index contributed by atoms with van der Waals surface area (Å²) in [7, 11) is 0. The lowest BCUT2D eigenvalue weighted by Gasteiger charge is -2.16. The number of hydrogen-bond donors (Lipinski definition) is 1. The minimum atomic E-state index is -0.669. The summed E-state index contributed by atoms with van der Waals surface area (Å²) in [5.41, 5.74) is 5.78. The number of halogens is 2. The number of hydrogen-bond acceptors (Lipinski definition) is 2. The summed E-state index contributed by atoms with van der Waals surface area (Å²) in [6, 6.07) is 3.28. The van der Waals surface area contributed by atoms with Gasteiger partial charge in [0.15, 0.2) is 0 Å². The average Bonchev–Trinajstić information content (AvgIpc) is 2.81. The van der Waals surface area contributed by atoms with Gasteiger partial charge in [-0.25, -0.2) is 8.78 Å². The zero-order valence-electron chi connectivity index (χ0n) is 10.0. The highest BCUT2D eigenvalue weighted by Crippen LogP contribution is 2.17. The van der Waals surface area contributed by atoms with E-state index >= 15 is 0 Å². The van der Waals surface area contributed by atoms with E-state index in [1.807, 2.05) is 0 Å². The fourth-order valence-electron chi connectivity index (χ4n) is 2.19. The zero-order valence-corrected chi connectivity index (χ0v) is 10.0. The quantitative estimate of drug-likeness (QED) is 0.884. The number of amides is 1. The van der Waals surface area contributed by atoms with Crippen LogP contribution in [0.1, 0.15) is 12.0 Å². The number of nitrogens with zero attached hydrogens (tertiary/aromatic N) is 1. The van der Waals surface area contributed by atoms with Gasteiger partial charge in [0.25, 0.3) is 0 Å². The van der Waals surface area contributed by atoms with Crippen molar-refractivity contribution in [2.45, 2.75) is 12.8 Å². The van der Waals surface area contributed by atoms with Crippen molar-refractivity contribution in [3.8, 4) is 0 Å². The SMILES string of the molecule is NC[C@@H]1CCN(C(=O)Cc2ccc(F)cc2F)C1. The van der Waals surface area contributed by atoms with E-state index in [9.17, 15) is 13.6 Å². The van der Waals surface area contributed by atoms with E-state index < -0.39 is 11.6 Å². The zero-order chi connectivity index (χ0) is 13.1. The van der Waals surface area contributed by atoms with Crippen LogP contribution in [0.15, 0.2) is 18.2 Å². The smallest absolute Gasteiger partial charge is 0.227 e. The van der Waals surface area contributed by atoms with E-state index in [0.717, 1.165) is 12.5 Å². The number of benzene rings is 1. The Bertz CT molecular complexity index is 451. The molecule has 2 rings (SSSR count). The number of carbonyl (C=O) groups is 1. The predicted octanol–water partition coefficient (Wildman–Crippen LogP) is 1.31. The Morgan fingerprint density at radius 2 is 2.22 bits per heavy atom. The molecule has 1 amide bonds. The van der Waals surface area contributed by atoms with Gasteiger partial charge in [-0.05, 0) is 30.5 Å². The molecule has 0 saturated carbocycles. The highest BCUT2D eigenvalue weighted by atomic mass is 19.1. The molecule has 0 spiro atoms. The van der Waals surface area contributed by atoms with Crippen molar-refractivity contribution in [1.82, 2.24) is 4.90 Å². The van der Waals surface area contributed by atoms with E-state index in [2.05, 4.69) is 0 Å². The molecule has 2 N–H and O–H groups in total. The fraction of sp³-hybridized carbons (Fsp3) is 0.462. The van der Waals surface area contributed by atoms with E-state index in [1.165, 1.54) is 12.1 Å². The van der Waals surface area contributed by atoms with Crippen LogP contribution in [0.2, 0.25) is 0 Å². The molecule has 1 saturated heterocycles. The van der Waals surface area contributed by atoms with Crippen molar-refractivity contribution in [1.29, 1.82) is 0 Å². The van der Waals surface area contributed by atoms with Crippen molar-refractivity contribution in [2.24, 2.45) is 11.7 Å². The molecule has 18 heavy (non-hydrogen) atoms. The van der Waals surface area contributed by atoms with Crippen LogP contribution in [0.4, 0.5) is 8.78 Å². The molecule has 0 aliphatic carbocycles. The molecule has 1 aromatic carbocycles. The van der Waals surface area contributed by atoms with Crippen LogP contribution in [-0.4, -0.2) is 30.4 Å². The maximum absolute atomic E-state index is 13.4. The first-order valence-corrected chi connectivity index (χ1v) is 6.02. The Morgan fingerprint density at radius 1 is 1.44 bits per heavy atom. The molecular formula is C13H16F2N2O. The summed E-state index contributed by atoms with van der Waals surface area (Å²) in [5, 5.41) is 0. The molecule has 0 aromatic heterocycles. The summed E-state index contributed by atoms with van der Waals surface area (Å²) >= 11 is 0. The summed E-state index contributed by atoms with van der Waals surface area (Å²) < 4.78 is 26.1. The molecule has 3 nitrogen and oxygen atoms in total. The van der Waals surface area contributed by atoms with Gasteiger partial charge in [0.05, 0.1) is 6.42 Å². The van der Waals surface area contributed by atoms with E-state index in [1.54, 1.807) is 4.90 Å². The highest BCUT2D eigenvalue weighted by molar-refractivity contribution is 5.79. The van der Waals surface area contributed by atoms with Gasteiger partial charge in [-0.15, -0.1) is 0 Å². The number of carbonyl (C=O) groups excluding carboxylic acids is 1. The number of rotatable bonds is 3. The van der Waals surface area contributed by atoms with Gasteiger partial charge in [-0.2, -0.15) is 0 Å². The van der Waals surface area contributed by atoms with Gasteiger partial charge in [0.2, 0.25) is 5.91 Å². The van der Waals surface area contributed by atoms with E-state index in [0.29, 0.717) is 25.6 Å². The molecule has 1 aromatic rings. The number of nitrogens with two attached hydrogens (primary N) is 1. The first-order valence-electron chi connectivity index (χ1n) is 6.02. The van der Waals surface area contributed by atoms with Crippen LogP contribution in [0, 0.1) is 17.6 Å². The molecule has 98 valence electrons. The Labute approximate surface area is 105 Å². The third kappa shape index (κ3) is 2.85. The van der Waals surface area contributed by atoms with Crippen LogP contribution >= 0.6 is 0 Å². The fourth-order valence-corrected chi connectivity index (χ4v) is 2.19. The maximum atomic E-state index is 13.4. The van der Waals surface area contributed by atoms with Crippen LogP contribution < -0.4 is 5.73 Å². The van der Waals surface area contributed by atoms with Crippen molar-refractivity contribution >= 4 is 5.91 Å². The lowest BCUT2D eigenvalue weighted by molar-refractivity contribution is -0.129. The summed E-state index contributed by atoms with van der Waals surface area (Å²) in [6.45, 7) is 1.87. The lowest BCUT2D eigenvalue weighted by Crippen LogP contribution is -2.31. The molecule has 1 aliphatic heterocycles. The molecule has 1 aliphatic rings. The predicted molar refractivity (Wildman–Crippen MR) is 63.8 cm³/mol. The first-order chi connectivity index (χ1) is 8.60. The molecule has 0 radical (unpaired) electrons. The normalized spacial score (nSPS) is 19.3. The van der Waals surface area contributed by atoms with Crippen molar-refractivity contribution < 1.29 is 13.6 Å². The van der Waals surface area contributed by atoms with Gasteiger partial charge >= 0.3 is 0 Å². The maximum Gasteiger partial charge on any atom is 0.227 e. The largest absolute Gasteiger partial charge is 0.342 e. The van der Waals surface area contributed by atoms with Crippen LogP contribution in [0.5, 0.6) is 0 Å². The van der Waals surface area contributed by atoms with Crippen LogP contribution in [0.25, 0.3) is 0 Å². The average molecular weight is 254 g/mol. The second-order valence-electron chi connectivity index (χ2n) is 4.64. The Kier molecular flexibility index (Phi) is 3.91. The van der Waals surface area contributed by atoms with Gasteiger partial charge < -0.3 is 10.6 Å². The summed E-state index contributed by atoms with van der Waals surface area (Å²) in [6.07, 6.45) is 0.873. The second-order valence-corrected chi connectivity index (χ2v) is 4.64. The molecule has 1 atom stereocenters. The monoisotopic (exact) mass is 254 g/mol. The minimum absolute atomic E-state index is 0.0244. The van der Waals surface area contributed by atoms with Crippen molar-refractivity contribution in [3.05, 3.63) is 35.4 Å². The first kappa shape index (κ1) is 13.0. The topological polar surface area (TPSA) is 46.3 Å². The van der Waals surface area contributed by atoms with Crippen molar-refractivity contribution in [3.63, 3.8) is 0 Å². The third-order valence-electron chi connectivity index (χ3n) is 3.33. The summed E-state index contributed by atoms with van der Waals surface area (Å²) in [4.78, 5) is 13.6. The lowest BCUT2D eigenvalue weighted by atomic mass is 10.1. The minimum Gasteiger partial charge on any atom is -0.342 e. The second kappa shape index (κ2) is 5.44. The van der Waals surface area contributed by atoms with Crippen LogP contribution in [0.3, 0.4) is 0 Å². The third-order valence-corrected chi connectivity index (χ3v) is 3.33. The molecule has 0 bridgehead atoms. The van der Waals surface area contributed by atoms with Crippen molar-refractivity contribution in [2.75, 3.05) is 19.6 Å². The highest BCUT2D eigenvalue weighted by Gasteiger charge is 2.25. The van der Waals surface area contributed by atoms with Crippen LogP contribution in [-0.2, 0) is 11.2 Å². The number of likely N-dealkylation sites (tertiary alicyclic amines) is 1. The van der Waals surface area contributed by atoms with Gasteiger partial charge in [-0.3, -0.25) is 4.79 Å². The molecule has 1 heterocycles. The standard InChI is InChI=1S/C13H16F2N2O/c14-11-2-1-10(12(15)6-11)5-13(18)17-4-3-9(7-16)8-17/h1-2,6,9H,3-5,7-8,16H2/t9-/m0/s1. The molecule has 1 fully saturated rings. The Balaban J connectivity index is 1.99. The molecule has 5 heteroatoms. The van der Waals surface area contributed by atoms with E-state index in [-0.39, 0.29) is 17.9 Å². The van der Waals surface area contributed by atoms with Gasteiger partial charge in [-0.1, -0.05) is 6.07 Å². The van der Waals surface area contributed by atoms with E-state index in [4.69, 9.17) is 5.73 Å². The molecular weight excluding hydrogens is 238 g/mol. The molecule has 0 unspecified atom stereocenters. The van der Waals surface area contributed by atoms with Gasteiger partial charge in [0.1, 0.15) is 11.6 Å². The Morgan fingerprint density at radius 3 is 2.83 bits per heavy atom. The summed E-state index contributed by atoms with van der Waals surface area (Å²) in [5.74, 6) is -1.09. The van der Waals surface area contributed by atoms with Gasteiger partial charge in [0, 0.05) is 19.2 Å². The Hall–Kier alpha value is -1.49.